The largest absolute Gasteiger partial charge is 0.457 e. The number of thioether (sulfide) groups is 1. The summed E-state index contributed by atoms with van der Waals surface area (Å²) < 4.78 is 165. The zero-order chi connectivity index (χ0) is 106. The minimum atomic E-state index is -3.31. The number of amides is 2. The molecule has 48 nitrogen and oxygen atoms in total. The highest BCUT2D eigenvalue weighted by Gasteiger charge is 2.52. The summed E-state index contributed by atoms with van der Waals surface area (Å²) in [5.74, 6) is -2.45. The van der Waals surface area contributed by atoms with Crippen molar-refractivity contribution >= 4 is 82.6 Å². The maximum atomic E-state index is 12.2. The van der Waals surface area contributed by atoms with E-state index in [1.54, 1.807) is 6.92 Å². The quantitative estimate of drug-likeness (QED) is 0.00892. The molecule has 7 aliphatic heterocycles. The Labute approximate surface area is 814 Å². The van der Waals surface area contributed by atoms with Crippen LogP contribution in [0.3, 0.4) is 0 Å². The molecule has 6 fully saturated rings. The van der Waals surface area contributed by atoms with Crippen LogP contribution in [-0.2, 0) is 153 Å². The van der Waals surface area contributed by atoms with Gasteiger partial charge in [-0.3, -0.25) is 33.7 Å². The van der Waals surface area contributed by atoms with Crippen LogP contribution >= 0.6 is 11.8 Å². The molecule has 30 atom stereocenters. The minimum absolute atomic E-state index is 0.0366. The molecule has 7 rings (SSSR count). The number of esters is 3. The topological polar surface area (TPSA) is 704 Å². The van der Waals surface area contributed by atoms with Crippen LogP contribution in [0.1, 0.15) is 87.0 Å². The summed E-state index contributed by atoms with van der Waals surface area (Å²) in [5, 5.41) is 155. The number of nitrogens with zero attached hydrogens (tertiary/aromatic N) is 1. The number of ether oxygens (including phenoxy) is 19. The number of rotatable bonds is 51. The lowest BCUT2D eigenvalue weighted by Crippen LogP contribution is -2.61. The fourth-order valence-corrected chi connectivity index (χ4v) is 16.4. The van der Waals surface area contributed by atoms with E-state index in [1.807, 2.05) is 27.7 Å². The van der Waals surface area contributed by atoms with Gasteiger partial charge >= 0.3 is 17.9 Å². The highest BCUT2D eigenvalue weighted by molar-refractivity contribution is 8.01. The third kappa shape index (κ3) is 47.8. The molecule has 30 unspecified atom stereocenters. The first-order chi connectivity index (χ1) is 65.5. The van der Waals surface area contributed by atoms with Gasteiger partial charge in [0.1, 0.15) is 128 Å². The van der Waals surface area contributed by atoms with Gasteiger partial charge in [0.2, 0.25) is 0 Å². The summed E-state index contributed by atoms with van der Waals surface area (Å²) in [6, 6.07) is 0. The number of aliphatic hydroxyl groups is 15. The zero-order valence-corrected chi connectivity index (χ0v) is 83.2. The fraction of sp³-hybridized carbons (Fsp3) is 0.759. The molecular weight excluding hydrogens is 1940 g/mol. The number of carbonyl (C=O) groups is 7. The fourth-order valence-electron chi connectivity index (χ4n) is 12.9. The van der Waals surface area contributed by atoms with Crippen molar-refractivity contribution in [3.63, 3.8) is 0 Å². The summed E-state index contributed by atoms with van der Waals surface area (Å²) in [7, 11) is -5.22. The molecule has 0 aromatic heterocycles. The Bertz CT molecular complexity index is 3910. The van der Waals surface area contributed by atoms with Crippen molar-refractivity contribution in [2.24, 2.45) is 0 Å². The number of aliphatic hydroxyl groups excluding tert-OH is 15. The van der Waals surface area contributed by atoms with Crippen LogP contribution in [0.2, 0.25) is 0 Å². The van der Waals surface area contributed by atoms with Gasteiger partial charge in [-0.1, -0.05) is 39.5 Å². The van der Waals surface area contributed by atoms with E-state index >= 15 is 0 Å². The van der Waals surface area contributed by atoms with Gasteiger partial charge in [0.25, 0.3) is 11.8 Å². The number of hydrogen-bond acceptors (Lipinski definition) is 48. The van der Waals surface area contributed by atoms with Crippen molar-refractivity contribution in [2.45, 2.75) is 271 Å². The van der Waals surface area contributed by atoms with Gasteiger partial charge < -0.3 is 167 Å². The zero-order valence-electron chi connectivity index (χ0n) is 79.9. The second kappa shape index (κ2) is 69.9. The van der Waals surface area contributed by atoms with Gasteiger partial charge in [-0.05, 0) is 73.5 Å². The Morgan fingerprint density at radius 3 is 0.950 bits per heavy atom. The summed E-state index contributed by atoms with van der Waals surface area (Å²) in [6.07, 6.45) is -31.3. The first kappa shape index (κ1) is 131. The van der Waals surface area contributed by atoms with Crippen molar-refractivity contribution in [2.75, 3.05) is 149 Å². The molecular formula is C87H147NO47S4. The van der Waals surface area contributed by atoms with E-state index in [-0.39, 0.29) is 93.6 Å². The maximum absolute atomic E-state index is 12.2. The van der Waals surface area contributed by atoms with Crippen molar-refractivity contribution in [1.82, 2.24) is 4.90 Å². The Morgan fingerprint density at radius 2 is 0.655 bits per heavy atom. The van der Waals surface area contributed by atoms with E-state index in [4.69, 9.17) is 90.0 Å². The molecule has 0 bridgehead atoms. The number of allylic oxidation sites excluding steroid dienone is 2. The third-order valence-corrected chi connectivity index (χ3v) is 26.1. The van der Waals surface area contributed by atoms with Crippen molar-refractivity contribution < 1.29 is 225 Å². The van der Waals surface area contributed by atoms with Gasteiger partial charge in [-0.25, -0.2) is 30.0 Å². The molecule has 0 aromatic rings. The average molecular weight is 2090 g/mol. The number of sulfone groups is 3. The molecule has 0 radical (unpaired) electrons. The smallest absolute Gasteiger partial charge is 0.330 e. The number of ketones is 2. The Balaban J connectivity index is 0.000000873. The standard InChI is InChI=1S/C21H31NO13.C21H36O13S2.C17H28O11.2C7H14O3S.2C7H12O2/c1-9-20(35-14(25)5-6-22-12(23)3-4-13(22)24)18(29)16(27)11(33-9)8-32-21-19(30)17(28)15(26)10(34-21)7-31-2;1-4-36(28,29)8-7-35-6-5-14(22)34-20-11(2)32-13(16(24)18(20)26)10-31-21-19(27)17(25)15(23)12(33-21)9-30-3;1-4-10(18)28-16-7(2)26-9(12(20)14(16)22)6-25-17-15(23)13(21)11(19)8(27-17)5-24-3;2*1-3-10-6-5-7-11(8,9)4-2;2*1-3-7(8)5-6-9-4-2/h3-4,9-11,15-21,26-30H,5-8H2,1-2H3;4,11-13,15-21,23-27H,1,5-10H2,2-3H3;4,7-9,11-17,19-23H,1,5-6H2,2-3H3;2*4H,2-3,5-7H2,1H3;2*3H,1,4-6H2,2H3. The van der Waals surface area contributed by atoms with Gasteiger partial charge in [0, 0.05) is 126 Å². The molecule has 0 saturated carbocycles. The highest BCUT2D eigenvalue weighted by atomic mass is 32.2. The lowest BCUT2D eigenvalue weighted by molar-refractivity contribution is -0.314. The number of methoxy groups -OCH3 is 3. The predicted molar refractivity (Wildman–Crippen MR) is 492 cm³/mol. The van der Waals surface area contributed by atoms with Crippen LogP contribution in [0.5, 0.6) is 0 Å². The summed E-state index contributed by atoms with van der Waals surface area (Å²) in [5.41, 5.74) is 0. The molecule has 806 valence electrons. The van der Waals surface area contributed by atoms with E-state index in [1.165, 1.54) is 59.1 Å². The lowest BCUT2D eigenvalue weighted by atomic mass is 9.95. The minimum Gasteiger partial charge on any atom is -0.457 e. The first-order valence-corrected chi connectivity index (χ1v) is 50.8. The lowest BCUT2D eigenvalue weighted by Gasteiger charge is -2.43. The van der Waals surface area contributed by atoms with Gasteiger partial charge in [0.15, 0.2) is 78.3 Å². The molecule has 15 N–H and O–H groups in total. The van der Waals surface area contributed by atoms with E-state index < -0.39 is 243 Å². The summed E-state index contributed by atoms with van der Waals surface area (Å²) >= 11 is 1.25. The predicted octanol–water partition coefficient (Wildman–Crippen LogP) is -4.90. The number of hydrogen-bond donors (Lipinski definition) is 15. The molecule has 52 heteroatoms. The molecule has 0 spiro atoms. The van der Waals surface area contributed by atoms with Crippen LogP contribution < -0.4 is 0 Å². The van der Waals surface area contributed by atoms with E-state index in [9.17, 15) is 135 Å². The van der Waals surface area contributed by atoms with Gasteiger partial charge in [-0.2, -0.15) is 11.8 Å². The summed E-state index contributed by atoms with van der Waals surface area (Å²) in [4.78, 5) is 80.7. The number of carbonyl (C=O) groups excluding carboxylic acids is 7. The van der Waals surface area contributed by atoms with Crippen molar-refractivity contribution in [3.8, 4) is 0 Å². The van der Waals surface area contributed by atoms with Gasteiger partial charge in [0.05, 0.1) is 101 Å². The molecule has 139 heavy (non-hydrogen) atoms. The highest BCUT2D eigenvalue weighted by Crippen LogP contribution is 2.32. The Morgan fingerprint density at radius 1 is 0.367 bits per heavy atom. The molecule has 6 saturated heterocycles. The summed E-state index contributed by atoms with van der Waals surface area (Å²) in [6.45, 7) is 34.9. The molecule has 0 aromatic carbocycles. The van der Waals surface area contributed by atoms with Crippen LogP contribution in [0.25, 0.3) is 0 Å². The van der Waals surface area contributed by atoms with Crippen LogP contribution in [0.4, 0.5) is 0 Å². The molecule has 7 aliphatic rings. The maximum Gasteiger partial charge on any atom is 0.330 e. The van der Waals surface area contributed by atoms with E-state index in [2.05, 4.69) is 39.5 Å². The molecule has 2 amide bonds. The van der Waals surface area contributed by atoms with Crippen molar-refractivity contribution in [3.05, 3.63) is 86.1 Å². The Kier molecular flexibility index (Phi) is 65.9. The second-order valence-corrected chi connectivity index (χ2v) is 38.6. The van der Waals surface area contributed by atoms with E-state index in [0.29, 0.717) is 84.3 Å². The third-order valence-electron chi connectivity index (χ3n) is 20.8. The number of imide groups is 1. The second-order valence-electron chi connectivity index (χ2n) is 31.2. The van der Waals surface area contributed by atoms with E-state index in [0.717, 1.165) is 39.4 Å². The van der Waals surface area contributed by atoms with Gasteiger partial charge in [-0.15, -0.1) is 0 Å². The SMILES string of the molecule is C=CC(=O)CCOCC.C=CC(=O)CCOCC.C=CC(=O)OC1C(C)OC(COC2OC(COC)C(O)C(O)C2O)C(O)C1O.C=CS(=O)(=O)CCCOCC.C=CS(=O)(=O)CCCOCC.C=CS(=O)(=O)CCSCCC(=O)OC1C(C)OC(COC2OC(COC)C(O)C(O)C2O)C(O)C1O.COCC1OC(OCC2OC(C)C(OC(=O)CCN3C(=O)C=CC3=O)C(O)C2O)C(O)C(O)C1O. The van der Waals surface area contributed by atoms with Crippen LogP contribution in [0.15, 0.2) is 86.1 Å². The first-order valence-electron chi connectivity index (χ1n) is 44.5. The average Bonchev–Trinajstić information content (AvgIpc) is 1.68. The van der Waals surface area contributed by atoms with Crippen LogP contribution in [0, 0.1) is 0 Å². The van der Waals surface area contributed by atoms with Crippen LogP contribution in [-0.4, -0.2) is 481 Å². The molecule has 7 heterocycles. The monoisotopic (exact) mass is 2090 g/mol. The molecule has 0 aliphatic carbocycles. The van der Waals surface area contributed by atoms with Crippen molar-refractivity contribution in [1.29, 1.82) is 0 Å². The Hall–Kier alpha value is -5.97. The normalized spacial score (nSPS) is 31.6.